The second kappa shape index (κ2) is 4.92. The summed E-state index contributed by atoms with van der Waals surface area (Å²) in [6.45, 7) is 1.15. The van der Waals surface area contributed by atoms with Crippen LogP contribution in [0.5, 0.6) is 5.75 Å². The van der Waals surface area contributed by atoms with E-state index in [4.69, 9.17) is 4.74 Å². The first-order valence-electron chi connectivity index (χ1n) is 7.30. The molecule has 1 saturated carbocycles. The van der Waals surface area contributed by atoms with Gasteiger partial charge in [0.1, 0.15) is 5.75 Å². The fourth-order valence-corrected chi connectivity index (χ4v) is 3.71. The van der Waals surface area contributed by atoms with Crippen molar-refractivity contribution in [2.24, 2.45) is 0 Å². The Hall–Kier alpha value is -1.44. The largest absolute Gasteiger partial charge is 0.497 e. The number of methoxy groups -OCH3 is 1. The Morgan fingerprint density at radius 1 is 1.21 bits per heavy atom. The van der Waals surface area contributed by atoms with Crippen LogP contribution in [0.3, 0.4) is 0 Å². The highest BCUT2D eigenvalue weighted by Gasteiger charge is 2.40. The molecule has 0 aromatic heterocycles. The number of hydrogen-bond acceptors (Lipinski definition) is 2. The van der Waals surface area contributed by atoms with Gasteiger partial charge in [-0.05, 0) is 55.2 Å². The summed E-state index contributed by atoms with van der Waals surface area (Å²) in [5.74, 6) is 0.982. The minimum atomic E-state index is 0.277. The summed E-state index contributed by atoms with van der Waals surface area (Å²) < 4.78 is 5.41. The van der Waals surface area contributed by atoms with Crippen molar-refractivity contribution in [3.8, 4) is 5.75 Å². The van der Waals surface area contributed by atoms with Crippen LogP contribution in [0.2, 0.25) is 0 Å². The maximum atomic E-state index is 5.41. The molecule has 0 N–H and O–H groups in total. The lowest BCUT2D eigenvalue weighted by molar-refractivity contribution is 0.274. The molecule has 1 atom stereocenters. The van der Waals surface area contributed by atoms with Crippen LogP contribution in [-0.4, -0.2) is 25.6 Å². The predicted octanol–water partition coefficient (Wildman–Crippen LogP) is 3.73. The molecule has 0 amide bonds. The van der Waals surface area contributed by atoms with Gasteiger partial charge in [0, 0.05) is 19.0 Å². The summed E-state index contributed by atoms with van der Waals surface area (Å²) in [5, 5.41) is 0. The van der Waals surface area contributed by atoms with Crippen LogP contribution in [0, 0.1) is 0 Å². The summed E-state index contributed by atoms with van der Waals surface area (Å²) in [6.07, 6.45) is 8.86. The van der Waals surface area contributed by atoms with Crippen molar-refractivity contribution in [1.29, 1.82) is 0 Å². The third-order valence-electron chi connectivity index (χ3n) is 4.80. The van der Waals surface area contributed by atoms with Crippen molar-refractivity contribution in [2.45, 2.75) is 37.5 Å². The van der Waals surface area contributed by atoms with E-state index in [2.05, 4.69) is 36.3 Å². The van der Waals surface area contributed by atoms with E-state index in [9.17, 15) is 0 Å². The van der Waals surface area contributed by atoms with E-state index in [1.807, 2.05) is 6.07 Å². The molecule has 1 aliphatic heterocycles. The number of hydrogen-bond donors (Lipinski definition) is 0. The normalized spacial score (nSPS) is 26.6. The van der Waals surface area contributed by atoms with Crippen LogP contribution in [0.1, 0.15) is 37.7 Å². The van der Waals surface area contributed by atoms with Gasteiger partial charge in [-0.3, -0.25) is 0 Å². The van der Waals surface area contributed by atoms with Gasteiger partial charge in [0.15, 0.2) is 0 Å². The first-order valence-corrected chi connectivity index (χ1v) is 7.30. The predicted molar refractivity (Wildman–Crippen MR) is 78.5 cm³/mol. The topological polar surface area (TPSA) is 12.5 Å². The van der Waals surface area contributed by atoms with Crippen molar-refractivity contribution >= 4 is 0 Å². The number of rotatable bonds is 2. The molecule has 1 aromatic rings. The molecule has 1 fully saturated rings. The fourth-order valence-electron chi connectivity index (χ4n) is 3.71. The number of nitrogens with zero attached hydrogens (tertiary/aromatic N) is 1. The molecule has 1 aromatic carbocycles. The molecule has 0 unspecified atom stereocenters. The lowest BCUT2D eigenvalue weighted by Crippen LogP contribution is -2.39. The van der Waals surface area contributed by atoms with Crippen LogP contribution >= 0.6 is 0 Å². The first kappa shape index (κ1) is 12.6. The van der Waals surface area contributed by atoms with Gasteiger partial charge in [-0.2, -0.15) is 0 Å². The van der Waals surface area contributed by atoms with Gasteiger partial charge in [0.05, 0.1) is 7.11 Å². The minimum absolute atomic E-state index is 0.277. The highest BCUT2D eigenvalue weighted by atomic mass is 16.5. The molecule has 102 valence electrons. The third-order valence-corrected chi connectivity index (χ3v) is 4.80. The van der Waals surface area contributed by atoms with Gasteiger partial charge in [-0.25, -0.2) is 0 Å². The first-order chi connectivity index (χ1) is 9.24. The number of benzene rings is 1. The quantitative estimate of drug-likeness (QED) is 0.800. The van der Waals surface area contributed by atoms with E-state index in [0.717, 1.165) is 12.3 Å². The Bertz CT molecular complexity index is 494. The zero-order valence-electron chi connectivity index (χ0n) is 12.0. The van der Waals surface area contributed by atoms with E-state index >= 15 is 0 Å². The Labute approximate surface area is 116 Å². The summed E-state index contributed by atoms with van der Waals surface area (Å²) in [4.78, 5) is 2.35. The SMILES string of the molecule is COc1cccc([C@@]23CCCCC2=CN(C)CC3)c1. The average molecular weight is 257 g/mol. The zero-order valence-corrected chi connectivity index (χ0v) is 12.0. The Morgan fingerprint density at radius 2 is 2.11 bits per heavy atom. The fraction of sp³-hybridized carbons (Fsp3) is 0.529. The highest BCUT2D eigenvalue weighted by molar-refractivity contribution is 5.42. The molecule has 0 bridgehead atoms. The lowest BCUT2D eigenvalue weighted by atomic mass is 9.63. The maximum absolute atomic E-state index is 5.41. The van der Waals surface area contributed by atoms with Crippen LogP contribution in [-0.2, 0) is 5.41 Å². The van der Waals surface area contributed by atoms with E-state index in [-0.39, 0.29) is 5.41 Å². The van der Waals surface area contributed by atoms with Crippen molar-refractivity contribution < 1.29 is 4.74 Å². The summed E-state index contributed by atoms with van der Waals surface area (Å²) in [6, 6.07) is 8.70. The summed E-state index contributed by atoms with van der Waals surface area (Å²) >= 11 is 0. The summed E-state index contributed by atoms with van der Waals surface area (Å²) in [7, 11) is 3.94. The average Bonchev–Trinajstić information content (AvgIpc) is 2.47. The van der Waals surface area contributed by atoms with E-state index in [1.165, 1.54) is 37.7 Å². The minimum Gasteiger partial charge on any atom is -0.497 e. The van der Waals surface area contributed by atoms with Crippen molar-refractivity contribution in [3.05, 3.63) is 41.6 Å². The molecule has 2 aliphatic rings. The molecule has 19 heavy (non-hydrogen) atoms. The second-order valence-electron chi connectivity index (χ2n) is 5.91. The monoisotopic (exact) mass is 257 g/mol. The van der Waals surface area contributed by atoms with Crippen LogP contribution in [0.15, 0.2) is 36.0 Å². The Kier molecular flexibility index (Phi) is 3.26. The molecule has 0 radical (unpaired) electrons. The van der Waals surface area contributed by atoms with Crippen molar-refractivity contribution in [3.63, 3.8) is 0 Å². The molecule has 2 nitrogen and oxygen atoms in total. The highest BCUT2D eigenvalue weighted by Crippen LogP contribution is 2.48. The molecule has 1 heterocycles. The standard InChI is InChI=1S/C17H23NO/c1-18-11-10-17(9-4-3-6-15(17)13-18)14-7-5-8-16(12-14)19-2/h5,7-8,12-13H,3-4,6,9-11H2,1-2H3/t17-/m0/s1. The molecule has 1 aliphatic carbocycles. The lowest BCUT2D eigenvalue weighted by Gasteiger charge is -2.45. The van der Waals surface area contributed by atoms with Crippen molar-refractivity contribution in [1.82, 2.24) is 4.90 Å². The van der Waals surface area contributed by atoms with Crippen molar-refractivity contribution in [2.75, 3.05) is 20.7 Å². The molecule has 0 spiro atoms. The van der Waals surface area contributed by atoms with Gasteiger partial charge >= 0.3 is 0 Å². The molecule has 0 saturated heterocycles. The Morgan fingerprint density at radius 3 is 2.95 bits per heavy atom. The van der Waals surface area contributed by atoms with Crippen LogP contribution in [0.4, 0.5) is 0 Å². The third kappa shape index (κ3) is 2.13. The van der Waals surface area contributed by atoms with E-state index in [1.54, 1.807) is 12.7 Å². The zero-order chi connectivity index (χ0) is 13.3. The van der Waals surface area contributed by atoms with Gasteiger partial charge < -0.3 is 9.64 Å². The Balaban J connectivity index is 2.05. The van der Waals surface area contributed by atoms with Crippen LogP contribution in [0.25, 0.3) is 0 Å². The number of ether oxygens (including phenoxy) is 1. The van der Waals surface area contributed by atoms with Gasteiger partial charge in [0.25, 0.3) is 0 Å². The smallest absolute Gasteiger partial charge is 0.119 e. The molecular weight excluding hydrogens is 234 g/mol. The number of fused-ring (bicyclic) bond motifs is 1. The number of allylic oxidation sites excluding steroid dienone is 1. The van der Waals surface area contributed by atoms with E-state index in [0.29, 0.717) is 0 Å². The molecule has 3 rings (SSSR count). The van der Waals surface area contributed by atoms with E-state index < -0.39 is 0 Å². The van der Waals surface area contributed by atoms with Gasteiger partial charge in [-0.15, -0.1) is 0 Å². The maximum Gasteiger partial charge on any atom is 0.119 e. The second-order valence-corrected chi connectivity index (χ2v) is 5.91. The molecule has 2 heteroatoms. The summed E-state index contributed by atoms with van der Waals surface area (Å²) in [5.41, 5.74) is 3.35. The molecular formula is C17H23NO. The van der Waals surface area contributed by atoms with Gasteiger partial charge in [-0.1, -0.05) is 18.6 Å². The van der Waals surface area contributed by atoms with Gasteiger partial charge in [0.2, 0.25) is 0 Å². The van der Waals surface area contributed by atoms with Crippen LogP contribution < -0.4 is 4.74 Å².